The van der Waals surface area contributed by atoms with Crippen LogP contribution in [0, 0.1) is 0 Å². The Balaban J connectivity index is 2.71. The molecule has 9 heteroatoms. The van der Waals surface area contributed by atoms with Crippen molar-refractivity contribution in [3.8, 4) is 5.75 Å². The van der Waals surface area contributed by atoms with Gasteiger partial charge in [0.25, 0.3) is 0 Å². The van der Waals surface area contributed by atoms with Crippen molar-refractivity contribution in [2.24, 2.45) is 0 Å². The number of hydrogen-bond donors (Lipinski definition) is 0. The Hall–Kier alpha value is -0.530. The summed E-state index contributed by atoms with van der Waals surface area (Å²) >= 11 is 4.71. The van der Waals surface area contributed by atoms with E-state index in [1.54, 1.807) is 32.9 Å². The summed E-state index contributed by atoms with van der Waals surface area (Å²) in [5.74, 6) is 0.0790. The second-order valence-corrected chi connectivity index (χ2v) is 8.79. The molecule has 0 heterocycles. The van der Waals surface area contributed by atoms with E-state index >= 15 is 0 Å². The van der Waals surface area contributed by atoms with Crippen molar-refractivity contribution < 1.29 is 27.9 Å². The first-order valence-corrected chi connectivity index (χ1v) is 11.0. The predicted molar refractivity (Wildman–Crippen MR) is 97.9 cm³/mol. The van der Waals surface area contributed by atoms with Crippen molar-refractivity contribution in [2.75, 3.05) is 31.9 Å². The van der Waals surface area contributed by atoms with Gasteiger partial charge in [0.05, 0.1) is 24.3 Å². The molecular weight excluding hydrogens is 419 g/mol. The fourth-order valence-electron chi connectivity index (χ4n) is 1.68. The van der Waals surface area contributed by atoms with E-state index in [9.17, 15) is 9.36 Å². The summed E-state index contributed by atoms with van der Waals surface area (Å²) in [6.45, 7) is 6.08. The molecular formula is C15H22BrO6PS. The number of benzene rings is 1. The highest BCUT2D eigenvalue weighted by Gasteiger charge is 2.23. The molecule has 6 nitrogen and oxygen atoms in total. The van der Waals surface area contributed by atoms with E-state index in [-0.39, 0.29) is 12.1 Å². The van der Waals surface area contributed by atoms with Crippen LogP contribution >= 0.6 is 35.3 Å². The molecule has 0 N–H and O–H groups in total. The molecule has 0 amide bonds. The number of carbonyl (C=O) groups is 1. The van der Waals surface area contributed by atoms with E-state index in [0.717, 1.165) is 4.90 Å². The van der Waals surface area contributed by atoms with Gasteiger partial charge >= 0.3 is 13.6 Å². The van der Waals surface area contributed by atoms with E-state index in [2.05, 4.69) is 15.9 Å². The van der Waals surface area contributed by atoms with Crippen molar-refractivity contribution in [1.29, 1.82) is 0 Å². The van der Waals surface area contributed by atoms with E-state index in [1.807, 2.05) is 6.07 Å². The standard InChI is InChI=1S/C15H22BrO6PS/c1-4-19-15(17)10-20-14-9-12(7-8-13(14)16)24-11-23(18,21-5-2)22-6-3/h7-9H,4-6,10-11H2,1-3H3. The molecule has 0 aliphatic carbocycles. The van der Waals surface area contributed by atoms with Gasteiger partial charge in [-0.2, -0.15) is 0 Å². The number of rotatable bonds is 11. The summed E-state index contributed by atoms with van der Waals surface area (Å²) in [6.07, 6.45) is 0. The number of ether oxygens (including phenoxy) is 2. The molecule has 0 atom stereocenters. The molecule has 0 unspecified atom stereocenters. The molecule has 0 saturated heterocycles. The predicted octanol–water partition coefficient (Wildman–Crippen LogP) is 4.71. The van der Waals surface area contributed by atoms with Crippen LogP contribution in [-0.4, -0.2) is 37.9 Å². The van der Waals surface area contributed by atoms with E-state index in [4.69, 9.17) is 18.5 Å². The van der Waals surface area contributed by atoms with Crippen LogP contribution in [0.1, 0.15) is 20.8 Å². The lowest BCUT2D eigenvalue weighted by molar-refractivity contribution is -0.145. The van der Waals surface area contributed by atoms with Crippen LogP contribution in [0.4, 0.5) is 0 Å². The van der Waals surface area contributed by atoms with Crippen LogP contribution in [0.25, 0.3) is 0 Å². The first-order valence-electron chi connectivity index (χ1n) is 7.53. The van der Waals surface area contributed by atoms with Crippen molar-refractivity contribution in [2.45, 2.75) is 25.7 Å². The Labute approximate surface area is 155 Å². The second kappa shape index (κ2) is 11.2. The lowest BCUT2D eigenvalue weighted by atomic mass is 10.3. The lowest BCUT2D eigenvalue weighted by Crippen LogP contribution is -2.14. The third kappa shape index (κ3) is 7.57. The van der Waals surface area contributed by atoms with Gasteiger partial charge in [0, 0.05) is 4.90 Å². The molecule has 0 aliphatic rings. The number of halogens is 1. The number of esters is 1. The Morgan fingerprint density at radius 2 is 1.83 bits per heavy atom. The summed E-state index contributed by atoms with van der Waals surface area (Å²) in [5, 5.41) is 0. The van der Waals surface area contributed by atoms with Crippen molar-refractivity contribution >= 4 is 41.3 Å². The number of thioether (sulfide) groups is 1. The molecule has 0 spiro atoms. The quantitative estimate of drug-likeness (QED) is 0.280. The van der Waals surface area contributed by atoms with Gasteiger partial charge in [-0.25, -0.2) is 4.79 Å². The third-order valence-electron chi connectivity index (χ3n) is 2.59. The van der Waals surface area contributed by atoms with Crippen LogP contribution in [0.3, 0.4) is 0 Å². The number of hydrogen-bond acceptors (Lipinski definition) is 7. The van der Waals surface area contributed by atoms with Crippen LogP contribution in [0.15, 0.2) is 27.6 Å². The second-order valence-electron chi connectivity index (χ2n) is 4.41. The van der Waals surface area contributed by atoms with Crippen LogP contribution < -0.4 is 4.74 Å². The molecule has 0 bridgehead atoms. The Kier molecular flexibility index (Phi) is 10.0. The minimum atomic E-state index is -3.12. The van der Waals surface area contributed by atoms with Crippen molar-refractivity contribution in [1.82, 2.24) is 0 Å². The Morgan fingerprint density at radius 3 is 2.42 bits per heavy atom. The molecule has 1 aromatic rings. The third-order valence-corrected chi connectivity index (χ3v) is 6.92. The minimum absolute atomic E-state index is 0.170. The molecule has 1 rings (SSSR count). The summed E-state index contributed by atoms with van der Waals surface area (Å²) in [4.78, 5) is 12.2. The smallest absolute Gasteiger partial charge is 0.344 e. The van der Waals surface area contributed by atoms with Crippen molar-refractivity contribution in [3.63, 3.8) is 0 Å². The van der Waals surface area contributed by atoms with E-state index in [1.165, 1.54) is 11.8 Å². The maximum absolute atomic E-state index is 12.5. The fraction of sp³-hybridized carbons (Fsp3) is 0.533. The largest absolute Gasteiger partial charge is 0.481 e. The molecule has 1 aromatic carbocycles. The molecule has 0 radical (unpaired) electrons. The first-order chi connectivity index (χ1) is 11.4. The first kappa shape index (κ1) is 21.5. The fourth-order valence-corrected chi connectivity index (χ4v) is 5.08. The number of carbonyl (C=O) groups excluding carboxylic acids is 1. The molecule has 0 aliphatic heterocycles. The summed E-state index contributed by atoms with van der Waals surface area (Å²) in [6, 6.07) is 5.42. The van der Waals surface area contributed by atoms with Gasteiger partial charge in [-0.15, -0.1) is 11.8 Å². The van der Waals surface area contributed by atoms with Gasteiger partial charge < -0.3 is 18.5 Å². The molecule has 0 saturated carbocycles. The zero-order valence-corrected chi connectivity index (χ0v) is 17.2. The van der Waals surface area contributed by atoms with Gasteiger partial charge in [-0.3, -0.25) is 4.57 Å². The van der Waals surface area contributed by atoms with Gasteiger partial charge in [0.1, 0.15) is 11.2 Å². The Morgan fingerprint density at radius 1 is 1.17 bits per heavy atom. The van der Waals surface area contributed by atoms with Crippen LogP contribution in [0.2, 0.25) is 0 Å². The lowest BCUT2D eigenvalue weighted by Gasteiger charge is -2.16. The summed E-state index contributed by atoms with van der Waals surface area (Å²) in [7, 11) is -3.12. The highest BCUT2D eigenvalue weighted by atomic mass is 79.9. The van der Waals surface area contributed by atoms with E-state index < -0.39 is 13.6 Å². The summed E-state index contributed by atoms with van der Waals surface area (Å²) in [5.41, 5.74) is 0.202. The zero-order valence-electron chi connectivity index (χ0n) is 14.0. The topological polar surface area (TPSA) is 71.1 Å². The monoisotopic (exact) mass is 440 g/mol. The van der Waals surface area contributed by atoms with Crippen LogP contribution in [-0.2, 0) is 23.1 Å². The normalized spacial score (nSPS) is 11.3. The molecule has 0 fully saturated rings. The maximum atomic E-state index is 12.5. The molecule has 136 valence electrons. The van der Waals surface area contributed by atoms with Gasteiger partial charge in [-0.1, -0.05) is 0 Å². The average Bonchev–Trinajstić information content (AvgIpc) is 2.53. The average molecular weight is 441 g/mol. The maximum Gasteiger partial charge on any atom is 0.344 e. The SMILES string of the molecule is CCOC(=O)COc1cc(SCP(=O)(OCC)OCC)ccc1Br. The van der Waals surface area contributed by atoms with Gasteiger partial charge in [-0.05, 0) is 54.9 Å². The van der Waals surface area contributed by atoms with Crippen LogP contribution in [0.5, 0.6) is 5.75 Å². The molecule has 0 aromatic heterocycles. The van der Waals surface area contributed by atoms with Crippen molar-refractivity contribution in [3.05, 3.63) is 22.7 Å². The highest BCUT2D eigenvalue weighted by molar-refractivity contribution is 9.10. The Bertz CT molecular complexity index is 573. The zero-order chi connectivity index (χ0) is 18.0. The summed E-state index contributed by atoms with van der Waals surface area (Å²) < 4.78 is 34.0. The van der Waals surface area contributed by atoms with Gasteiger partial charge in [0.15, 0.2) is 6.61 Å². The van der Waals surface area contributed by atoms with Gasteiger partial charge in [0.2, 0.25) is 0 Å². The minimum Gasteiger partial charge on any atom is -0.481 e. The molecule has 24 heavy (non-hydrogen) atoms. The van der Waals surface area contributed by atoms with E-state index in [0.29, 0.717) is 30.0 Å². The highest BCUT2D eigenvalue weighted by Crippen LogP contribution is 2.52.